The highest BCUT2D eigenvalue weighted by Gasteiger charge is 2.36. The predicted octanol–water partition coefficient (Wildman–Crippen LogP) is 3.09. The summed E-state index contributed by atoms with van der Waals surface area (Å²) >= 11 is 0. The molecule has 0 atom stereocenters. The van der Waals surface area contributed by atoms with Crippen LogP contribution >= 0.6 is 0 Å². The molecule has 3 rings (SSSR count). The lowest BCUT2D eigenvalue weighted by Gasteiger charge is -2.34. The molecule has 0 unspecified atom stereocenters. The number of oxazole rings is 1. The molecule has 1 aromatic heterocycles. The Bertz CT molecular complexity index is 500. The number of carbonyl (C=O) groups is 1. The van der Waals surface area contributed by atoms with Gasteiger partial charge in [0.1, 0.15) is 0 Å². The summed E-state index contributed by atoms with van der Waals surface area (Å²) in [6.45, 7) is 4.95. The largest absolute Gasteiger partial charge is 0.460 e. The molecule has 21 heavy (non-hydrogen) atoms. The van der Waals surface area contributed by atoms with Crippen LogP contribution in [-0.2, 0) is 15.9 Å². The van der Waals surface area contributed by atoms with Crippen LogP contribution in [-0.4, -0.2) is 30.3 Å². The van der Waals surface area contributed by atoms with Crippen molar-refractivity contribution in [2.75, 3.05) is 13.2 Å². The first kappa shape index (κ1) is 14.6. The SMILES string of the molecule is CCOC(=O)c1oc(CC2CC(OCC)C2)nc1C1CC1. The van der Waals surface area contributed by atoms with E-state index in [1.165, 1.54) is 0 Å². The third-order valence-corrected chi connectivity index (χ3v) is 4.18. The van der Waals surface area contributed by atoms with Crippen LogP contribution in [0.4, 0.5) is 0 Å². The first-order chi connectivity index (χ1) is 10.2. The van der Waals surface area contributed by atoms with E-state index in [1.807, 2.05) is 6.92 Å². The minimum absolute atomic E-state index is 0.329. The lowest BCUT2D eigenvalue weighted by Crippen LogP contribution is -2.32. The van der Waals surface area contributed by atoms with E-state index in [2.05, 4.69) is 4.98 Å². The van der Waals surface area contributed by atoms with Crippen LogP contribution < -0.4 is 0 Å². The van der Waals surface area contributed by atoms with Crippen molar-refractivity contribution < 1.29 is 18.7 Å². The number of carbonyl (C=O) groups excluding carboxylic acids is 1. The smallest absolute Gasteiger partial charge is 0.376 e. The standard InChI is InChI=1S/C16H23NO4/c1-3-19-12-7-10(8-12)9-13-17-14(11-5-6-11)15(21-13)16(18)20-4-2/h10-12H,3-9H2,1-2H3. The topological polar surface area (TPSA) is 61.6 Å². The normalized spacial score (nSPS) is 24.7. The molecule has 116 valence electrons. The molecule has 0 amide bonds. The van der Waals surface area contributed by atoms with Crippen LogP contribution in [0.3, 0.4) is 0 Å². The maximum atomic E-state index is 11.9. The average Bonchev–Trinajstić information content (AvgIpc) is 3.18. The number of ether oxygens (including phenoxy) is 2. The Hall–Kier alpha value is -1.36. The molecule has 0 aliphatic heterocycles. The molecule has 5 heteroatoms. The molecule has 1 aromatic rings. The highest BCUT2D eigenvalue weighted by Crippen LogP contribution is 2.42. The minimum Gasteiger partial charge on any atom is -0.460 e. The van der Waals surface area contributed by atoms with E-state index in [-0.39, 0.29) is 5.97 Å². The molecule has 5 nitrogen and oxygen atoms in total. The van der Waals surface area contributed by atoms with Crippen molar-refractivity contribution >= 4 is 5.97 Å². The third kappa shape index (κ3) is 3.28. The van der Waals surface area contributed by atoms with Gasteiger partial charge in [0.2, 0.25) is 5.76 Å². The summed E-state index contributed by atoms with van der Waals surface area (Å²) in [6.07, 6.45) is 5.49. The number of hydrogen-bond donors (Lipinski definition) is 0. The van der Waals surface area contributed by atoms with E-state index in [9.17, 15) is 4.79 Å². The Morgan fingerprint density at radius 3 is 2.67 bits per heavy atom. The van der Waals surface area contributed by atoms with E-state index >= 15 is 0 Å². The molecule has 2 aliphatic carbocycles. The lowest BCUT2D eigenvalue weighted by molar-refractivity contribution is -0.0256. The van der Waals surface area contributed by atoms with Crippen molar-refractivity contribution in [2.45, 2.75) is 58.0 Å². The summed E-state index contributed by atoms with van der Waals surface area (Å²) in [5, 5.41) is 0. The molecule has 0 aromatic carbocycles. The van der Waals surface area contributed by atoms with Gasteiger partial charge in [-0.3, -0.25) is 0 Å². The number of nitrogens with zero attached hydrogens (tertiary/aromatic N) is 1. The molecular formula is C16H23NO4. The summed E-state index contributed by atoms with van der Waals surface area (Å²) < 4.78 is 16.3. The van der Waals surface area contributed by atoms with Gasteiger partial charge < -0.3 is 13.9 Å². The Balaban J connectivity index is 1.63. The van der Waals surface area contributed by atoms with Crippen molar-refractivity contribution in [3.8, 4) is 0 Å². The molecule has 0 bridgehead atoms. The van der Waals surface area contributed by atoms with Crippen LogP contribution in [0.1, 0.15) is 67.6 Å². The van der Waals surface area contributed by atoms with E-state index in [1.54, 1.807) is 6.92 Å². The number of aromatic nitrogens is 1. The zero-order chi connectivity index (χ0) is 14.8. The van der Waals surface area contributed by atoms with Gasteiger partial charge in [0.05, 0.1) is 18.4 Å². The summed E-state index contributed by atoms with van der Waals surface area (Å²) in [4.78, 5) is 16.5. The fourth-order valence-corrected chi connectivity index (χ4v) is 2.90. The predicted molar refractivity (Wildman–Crippen MR) is 76.3 cm³/mol. The van der Waals surface area contributed by atoms with E-state index < -0.39 is 0 Å². The molecule has 0 saturated heterocycles. The summed E-state index contributed by atoms with van der Waals surface area (Å²) in [5.41, 5.74) is 0.809. The highest BCUT2D eigenvalue weighted by molar-refractivity contribution is 5.87. The molecule has 2 aliphatic rings. The lowest BCUT2D eigenvalue weighted by atomic mass is 9.80. The van der Waals surface area contributed by atoms with Crippen LogP contribution in [0.5, 0.6) is 0 Å². The molecule has 2 fully saturated rings. The Labute approximate surface area is 125 Å². The number of esters is 1. The first-order valence-electron chi connectivity index (χ1n) is 7.99. The molecular weight excluding hydrogens is 270 g/mol. The van der Waals surface area contributed by atoms with Crippen molar-refractivity contribution in [1.29, 1.82) is 0 Å². The monoisotopic (exact) mass is 293 g/mol. The second kappa shape index (κ2) is 6.18. The maximum absolute atomic E-state index is 11.9. The summed E-state index contributed by atoms with van der Waals surface area (Å²) in [6, 6.07) is 0. The fraction of sp³-hybridized carbons (Fsp3) is 0.750. The van der Waals surface area contributed by atoms with Gasteiger partial charge in [-0.15, -0.1) is 0 Å². The van der Waals surface area contributed by atoms with Gasteiger partial charge in [0.15, 0.2) is 5.89 Å². The summed E-state index contributed by atoms with van der Waals surface area (Å²) in [5.74, 6) is 1.58. The van der Waals surface area contributed by atoms with Crippen LogP contribution in [0, 0.1) is 5.92 Å². The van der Waals surface area contributed by atoms with Gasteiger partial charge in [0.25, 0.3) is 0 Å². The van der Waals surface area contributed by atoms with Gasteiger partial charge in [-0.2, -0.15) is 0 Å². The van der Waals surface area contributed by atoms with Gasteiger partial charge in [-0.1, -0.05) is 0 Å². The molecule has 0 spiro atoms. The van der Waals surface area contributed by atoms with Crippen LogP contribution in [0.2, 0.25) is 0 Å². The third-order valence-electron chi connectivity index (χ3n) is 4.18. The maximum Gasteiger partial charge on any atom is 0.376 e. The Morgan fingerprint density at radius 1 is 1.29 bits per heavy atom. The zero-order valence-electron chi connectivity index (χ0n) is 12.8. The van der Waals surface area contributed by atoms with Gasteiger partial charge in [-0.05, 0) is 45.4 Å². The average molecular weight is 293 g/mol. The summed E-state index contributed by atoms with van der Waals surface area (Å²) in [7, 11) is 0. The van der Waals surface area contributed by atoms with E-state index in [0.717, 1.165) is 44.4 Å². The second-order valence-corrected chi connectivity index (χ2v) is 5.94. The Morgan fingerprint density at radius 2 is 2.05 bits per heavy atom. The number of hydrogen-bond acceptors (Lipinski definition) is 5. The fourth-order valence-electron chi connectivity index (χ4n) is 2.90. The Kier molecular flexibility index (Phi) is 4.29. The zero-order valence-corrected chi connectivity index (χ0v) is 12.8. The van der Waals surface area contributed by atoms with E-state index in [0.29, 0.717) is 36.2 Å². The van der Waals surface area contributed by atoms with Gasteiger partial charge in [-0.25, -0.2) is 9.78 Å². The molecule has 2 saturated carbocycles. The minimum atomic E-state index is -0.376. The van der Waals surface area contributed by atoms with E-state index in [4.69, 9.17) is 13.9 Å². The molecule has 0 radical (unpaired) electrons. The number of rotatable bonds is 7. The second-order valence-electron chi connectivity index (χ2n) is 5.94. The molecule has 0 N–H and O–H groups in total. The van der Waals surface area contributed by atoms with Crippen LogP contribution in [0.25, 0.3) is 0 Å². The quantitative estimate of drug-likeness (QED) is 0.723. The van der Waals surface area contributed by atoms with Crippen molar-refractivity contribution in [2.24, 2.45) is 5.92 Å². The van der Waals surface area contributed by atoms with Crippen molar-refractivity contribution in [1.82, 2.24) is 4.98 Å². The van der Waals surface area contributed by atoms with Gasteiger partial charge >= 0.3 is 5.97 Å². The van der Waals surface area contributed by atoms with Gasteiger partial charge in [0, 0.05) is 18.9 Å². The molecule has 1 heterocycles. The highest BCUT2D eigenvalue weighted by atomic mass is 16.5. The van der Waals surface area contributed by atoms with Crippen molar-refractivity contribution in [3.63, 3.8) is 0 Å². The first-order valence-corrected chi connectivity index (χ1v) is 7.99. The van der Waals surface area contributed by atoms with Crippen molar-refractivity contribution in [3.05, 3.63) is 17.3 Å². The van der Waals surface area contributed by atoms with Crippen LogP contribution in [0.15, 0.2) is 4.42 Å².